The largest absolute Gasteiger partial charge is 0.497 e. The van der Waals surface area contributed by atoms with E-state index in [1.807, 2.05) is 24.3 Å². The van der Waals surface area contributed by atoms with Crippen molar-refractivity contribution in [3.05, 3.63) is 64.7 Å². The first-order valence-electron chi connectivity index (χ1n) is 7.63. The lowest BCUT2D eigenvalue weighted by atomic mass is 9.98. The summed E-state index contributed by atoms with van der Waals surface area (Å²) in [7, 11) is 1.65. The average molecular weight is 299 g/mol. The minimum absolute atomic E-state index is 0.0440. The van der Waals surface area contributed by atoms with Crippen LogP contribution in [0.1, 0.15) is 41.3 Å². The van der Waals surface area contributed by atoms with Gasteiger partial charge in [-0.25, -0.2) is 0 Å². The molecular formula is C19H25NO2. The Hall–Kier alpha value is -1.84. The molecule has 2 atom stereocenters. The molecule has 2 unspecified atom stereocenters. The highest BCUT2D eigenvalue weighted by Gasteiger charge is 2.16. The first kappa shape index (κ1) is 16.5. The highest BCUT2D eigenvalue weighted by Crippen LogP contribution is 2.24. The van der Waals surface area contributed by atoms with Crippen molar-refractivity contribution in [2.75, 3.05) is 13.7 Å². The van der Waals surface area contributed by atoms with Gasteiger partial charge in [0.05, 0.1) is 19.8 Å². The number of hydrogen-bond acceptors (Lipinski definition) is 3. The molecule has 2 rings (SSSR count). The Morgan fingerprint density at radius 2 is 1.91 bits per heavy atom. The van der Waals surface area contributed by atoms with Gasteiger partial charge in [0, 0.05) is 6.04 Å². The fourth-order valence-corrected chi connectivity index (χ4v) is 2.73. The highest BCUT2D eigenvalue weighted by molar-refractivity contribution is 5.34. The third-order valence-corrected chi connectivity index (χ3v) is 4.03. The van der Waals surface area contributed by atoms with Crippen LogP contribution < -0.4 is 10.1 Å². The van der Waals surface area contributed by atoms with Gasteiger partial charge in [0.1, 0.15) is 5.75 Å². The number of ether oxygens (including phenoxy) is 1. The number of nitrogens with one attached hydrogen (secondary N) is 1. The Morgan fingerprint density at radius 1 is 1.14 bits per heavy atom. The van der Waals surface area contributed by atoms with Gasteiger partial charge in [-0.2, -0.15) is 0 Å². The molecule has 0 heterocycles. The van der Waals surface area contributed by atoms with Gasteiger partial charge >= 0.3 is 0 Å². The van der Waals surface area contributed by atoms with Crippen molar-refractivity contribution in [2.24, 2.45) is 0 Å². The summed E-state index contributed by atoms with van der Waals surface area (Å²) < 4.78 is 5.26. The summed E-state index contributed by atoms with van der Waals surface area (Å²) in [6.07, 6.45) is 0. The van der Waals surface area contributed by atoms with Crippen LogP contribution in [0.4, 0.5) is 0 Å². The van der Waals surface area contributed by atoms with E-state index >= 15 is 0 Å². The summed E-state index contributed by atoms with van der Waals surface area (Å²) in [5, 5.41) is 13.3. The van der Waals surface area contributed by atoms with Gasteiger partial charge in [0.2, 0.25) is 0 Å². The normalized spacial score (nSPS) is 13.7. The second-order valence-electron chi connectivity index (χ2n) is 5.76. The molecular weight excluding hydrogens is 274 g/mol. The molecule has 0 saturated heterocycles. The third kappa shape index (κ3) is 3.87. The van der Waals surface area contributed by atoms with Crippen molar-refractivity contribution >= 4 is 0 Å². The Balaban J connectivity index is 2.20. The quantitative estimate of drug-likeness (QED) is 0.854. The first-order chi connectivity index (χ1) is 10.5. The van der Waals surface area contributed by atoms with Gasteiger partial charge in [-0.05, 0) is 49.6 Å². The molecule has 2 aromatic rings. The molecule has 0 radical (unpaired) electrons. The van der Waals surface area contributed by atoms with E-state index in [4.69, 9.17) is 4.74 Å². The molecule has 3 nitrogen and oxygen atoms in total. The summed E-state index contributed by atoms with van der Waals surface area (Å²) >= 11 is 0. The fourth-order valence-electron chi connectivity index (χ4n) is 2.73. The second kappa shape index (κ2) is 7.43. The van der Waals surface area contributed by atoms with Crippen LogP contribution in [0.3, 0.4) is 0 Å². The number of aryl methyl sites for hydroxylation is 2. The third-order valence-electron chi connectivity index (χ3n) is 4.03. The molecule has 2 N–H and O–H groups in total. The number of aliphatic hydroxyl groups is 1. The van der Waals surface area contributed by atoms with Gasteiger partial charge < -0.3 is 15.2 Å². The lowest BCUT2D eigenvalue weighted by Gasteiger charge is -2.24. The lowest BCUT2D eigenvalue weighted by molar-refractivity contribution is 0.235. The SMILES string of the molecule is COc1cccc(C(CO)NC(C)c2cc(C)ccc2C)c1. The van der Waals surface area contributed by atoms with Crippen LogP contribution in [0.5, 0.6) is 5.75 Å². The predicted molar refractivity (Wildman–Crippen MR) is 90.3 cm³/mol. The van der Waals surface area contributed by atoms with Crippen molar-refractivity contribution < 1.29 is 9.84 Å². The van der Waals surface area contributed by atoms with Crippen LogP contribution in [-0.4, -0.2) is 18.8 Å². The van der Waals surface area contributed by atoms with Crippen molar-refractivity contribution in [2.45, 2.75) is 32.9 Å². The van der Waals surface area contributed by atoms with E-state index in [2.05, 4.69) is 44.3 Å². The molecule has 0 amide bonds. The van der Waals surface area contributed by atoms with Gasteiger partial charge in [0.15, 0.2) is 0 Å². The number of rotatable bonds is 6. The van der Waals surface area contributed by atoms with Gasteiger partial charge in [-0.15, -0.1) is 0 Å². The molecule has 0 aromatic heterocycles. The maximum absolute atomic E-state index is 9.76. The van der Waals surface area contributed by atoms with Crippen LogP contribution in [0.2, 0.25) is 0 Å². The second-order valence-corrected chi connectivity index (χ2v) is 5.76. The molecule has 0 fully saturated rings. The molecule has 118 valence electrons. The molecule has 2 aromatic carbocycles. The van der Waals surface area contributed by atoms with E-state index in [1.165, 1.54) is 16.7 Å². The van der Waals surface area contributed by atoms with Crippen molar-refractivity contribution in [1.29, 1.82) is 0 Å². The van der Waals surface area contributed by atoms with Crippen molar-refractivity contribution in [3.8, 4) is 5.75 Å². The summed E-state index contributed by atoms with van der Waals surface area (Å²) in [6, 6.07) is 14.3. The van der Waals surface area contributed by atoms with Gasteiger partial charge in [-0.3, -0.25) is 0 Å². The summed E-state index contributed by atoms with van der Waals surface area (Å²) in [4.78, 5) is 0. The predicted octanol–water partition coefficient (Wildman–Crippen LogP) is 3.70. The molecule has 22 heavy (non-hydrogen) atoms. The van der Waals surface area contributed by atoms with Gasteiger partial charge in [0.25, 0.3) is 0 Å². The minimum atomic E-state index is -0.120. The zero-order valence-corrected chi connectivity index (χ0v) is 13.8. The van der Waals surface area contributed by atoms with E-state index in [0.717, 1.165) is 11.3 Å². The maximum atomic E-state index is 9.76. The monoisotopic (exact) mass is 299 g/mol. The van der Waals surface area contributed by atoms with E-state index < -0.39 is 0 Å². The fraction of sp³-hybridized carbons (Fsp3) is 0.368. The number of hydrogen-bond donors (Lipinski definition) is 2. The number of benzene rings is 2. The van der Waals surface area contributed by atoms with Crippen molar-refractivity contribution in [3.63, 3.8) is 0 Å². The standard InChI is InChI=1S/C19H25NO2/c1-13-8-9-14(2)18(10-13)15(3)20-19(12-21)16-6-5-7-17(11-16)22-4/h5-11,15,19-21H,12H2,1-4H3. The molecule has 0 aliphatic rings. The molecule has 0 bridgehead atoms. The Bertz CT molecular complexity index is 625. The van der Waals surface area contributed by atoms with E-state index in [0.29, 0.717) is 0 Å². The summed E-state index contributed by atoms with van der Waals surface area (Å²) in [6.45, 7) is 6.39. The lowest BCUT2D eigenvalue weighted by Crippen LogP contribution is -2.27. The van der Waals surface area contributed by atoms with Crippen LogP contribution in [0, 0.1) is 13.8 Å². The van der Waals surface area contributed by atoms with Crippen LogP contribution >= 0.6 is 0 Å². The first-order valence-corrected chi connectivity index (χ1v) is 7.63. The molecule has 3 heteroatoms. The smallest absolute Gasteiger partial charge is 0.119 e. The topological polar surface area (TPSA) is 41.5 Å². The Kier molecular flexibility index (Phi) is 5.58. The number of methoxy groups -OCH3 is 1. The minimum Gasteiger partial charge on any atom is -0.497 e. The Morgan fingerprint density at radius 3 is 2.59 bits per heavy atom. The van der Waals surface area contributed by atoms with E-state index in [-0.39, 0.29) is 18.7 Å². The number of aliphatic hydroxyl groups excluding tert-OH is 1. The zero-order chi connectivity index (χ0) is 16.1. The molecule has 0 aliphatic carbocycles. The Labute approximate surface area is 133 Å². The zero-order valence-electron chi connectivity index (χ0n) is 13.8. The van der Waals surface area contributed by atoms with Crippen LogP contribution in [0.15, 0.2) is 42.5 Å². The van der Waals surface area contributed by atoms with Gasteiger partial charge in [-0.1, -0.05) is 35.9 Å². The molecule has 0 aliphatic heterocycles. The summed E-state index contributed by atoms with van der Waals surface area (Å²) in [5.74, 6) is 0.803. The maximum Gasteiger partial charge on any atom is 0.119 e. The average Bonchev–Trinajstić information content (AvgIpc) is 2.54. The highest BCUT2D eigenvalue weighted by atomic mass is 16.5. The molecule has 0 saturated carbocycles. The van der Waals surface area contributed by atoms with E-state index in [1.54, 1.807) is 7.11 Å². The van der Waals surface area contributed by atoms with Crippen molar-refractivity contribution in [1.82, 2.24) is 5.32 Å². The van der Waals surface area contributed by atoms with E-state index in [9.17, 15) is 5.11 Å². The summed E-state index contributed by atoms with van der Waals surface area (Å²) in [5.41, 5.74) is 4.80. The van der Waals surface area contributed by atoms with Crippen LogP contribution in [0.25, 0.3) is 0 Å². The molecule has 0 spiro atoms. The van der Waals surface area contributed by atoms with Crippen LogP contribution in [-0.2, 0) is 0 Å².